The van der Waals surface area contributed by atoms with Crippen LogP contribution < -0.4 is 15.4 Å². The minimum atomic E-state index is -0.0394. The van der Waals surface area contributed by atoms with E-state index in [1.165, 1.54) is 0 Å². The maximum Gasteiger partial charge on any atom is 0.238 e. The van der Waals surface area contributed by atoms with E-state index in [1.807, 2.05) is 36.2 Å². The Kier molecular flexibility index (Phi) is 6.55. The average Bonchev–Trinajstić information content (AvgIpc) is 3.26. The number of nitrogens with zero attached hydrogens (tertiary/aromatic N) is 4. The second-order valence-electron chi connectivity index (χ2n) is 8.29. The molecule has 2 aliphatic heterocycles. The molecule has 1 atom stereocenters. The van der Waals surface area contributed by atoms with Gasteiger partial charge in [-0.15, -0.1) is 0 Å². The van der Waals surface area contributed by atoms with Gasteiger partial charge in [0.2, 0.25) is 11.8 Å². The van der Waals surface area contributed by atoms with Crippen molar-refractivity contribution < 1.29 is 14.3 Å². The smallest absolute Gasteiger partial charge is 0.238 e. The zero-order valence-corrected chi connectivity index (χ0v) is 18.9. The number of fused-ring (bicyclic) bond motifs is 1. The van der Waals surface area contributed by atoms with E-state index in [2.05, 4.69) is 15.5 Å². The molecule has 0 bridgehead atoms. The molecule has 170 valence electrons. The van der Waals surface area contributed by atoms with Crippen LogP contribution in [0, 0.1) is 0 Å². The summed E-state index contributed by atoms with van der Waals surface area (Å²) in [5.41, 5.74) is 2.78. The van der Waals surface area contributed by atoms with Crippen LogP contribution in [-0.2, 0) is 22.6 Å². The first-order valence-corrected chi connectivity index (χ1v) is 11.0. The lowest BCUT2D eigenvalue weighted by molar-refractivity contribution is -0.129. The van der Waals surface area contributed by atoms with Crippen LogP contribution in [-0.4, -0.2) is 71.9 Å². The summed E-state index contributed by atoms with van der Waals surface area (Å²) in [5.74, 6) is 2.59. The summed E-state index contributed by atoms with van der Waals surface area (Å²) >= 11 is 0. The lowest BCUT2D eigenvalue weighted by atomic mass is 10.0. The Morgan fingerprint density at radius 2 is 1.97 bits per heavy atom. The molecule has 3 heterocycles. The number of hydrogen-bond donors (Lipinski definition) is 2. The second-order valence-corrected chi connectivity index (χ2v) is 8.29. The summed E-state index contributed by atoms with van der Waals surface area (Å²) in [7, 11) is 3.47. The Morgan fingerprint density at radius 3 is 2.66 bits per heavy atom. The van der Waals surface area contributed by atoms with Gasteiger partial charge in [-0.2, -0.15) is 0 Å². The molecule has 9 nitrogen and oxygen atoms in total. The first-order valence-electron chi connectivity index (χ1n) is 11.0. The number of aromatic nitrogens is 2. The minimum absolute atomic E-state index is 0.0394. The van der Waals surface area contributed by atoms with Crippen molar-refractivity contribution in [1.82, 2.24) is 19.8 Å². The van der Waals surface area contributed by atoms with Crippen LogP contribution in [0.1, 0.15) is 36.3 Å². The van der Waals surface area contributed by atoms with Gasteiger partial charge >= 0.3 is 0 Å². The van der Waals surface area contributed by atoms with E-state index in [0.29, 0.717) is 19.6 Å². The molecule has 2 aliphatic rings. The van der Waals surface area contributed by atoms with Crippen LogP contribution in [0.2, 0.25) is 0 Å². The van der Waals surface area contributed by atoms with E-state index in [1.54, 1.807) is 14.0 Å². The van der Waals surface area contributed by atoms with E-state index >= 15 is 0 Å². The summed E-state index contributed by atoms with van der Waals surface area (Å²) < 4.78 is 5.15. The lowest BCUT2D eigenvalue weighted by Crippen LogP contribution is -2.35. The molecule has 0 radical (unpaired) electrons. The Labute approximate surface area is 188 Å². The first kappa shape index (κ1) is 22.0. The van der Waals surface area contributed by atoms with Gasteiger partial charge in [0.15, 0.2) is 0 Å². The Morgan fingerprint density at radius 1 is 1.19 bits per heavy atom. The van der Waals surface area contributed by atoms with E-state index < -0.39 is 0 Å². The highest BCUT2D eigenvalue weighted by Gasteiger charge is 2.30. The van der Waals surface area contributed by atoms with Crippen molar-refractivity contribution in [3.8, 4) is 5.75 Å². The summed E-state index contributed by atoms with van der Waals surface area (Å²) in [6.45, 7) is 4.73. The highest BCUT2D eigenvalue weighted by Crippen LogP contribution is 2.30. The van der Waals surface area contributed by atoms with Gasteiger partial charge in [-0.05, 0) is 37.2 Å². The molecule has 4 rings (SSSR count). The predicted octanol–water partition coefficient (Wildman–Crippen LogP) is 1.86. The molecule has 1 aromatic heterocycles. The van der Waals surface area contributed by atoms with Crippen molar-refractivity contribution >= 4 is 23.3 Å². The maximum absolute atomic E-state index is 12.5. The summed E-state index contributed by atoms with van der Waals surface area (Å²) in [4.78, 5) is 37.9. The fourth-order valence-electron chi connectivity index (χ4n) is 4.36. The minimum Gasteiger partial charge on any atom is -0.497 e. The van der Waals surface area contributed by atoms with Gasteiger partial charge in [0.05, 0.1) is 25.9 Å². The fraction of sp³-hybridized carbons (Fsp3) is 0.478. The second kappa shape index (κ2) is 9.52. The molecule has 1 saturated heterocycles. The van der Waals surface area contributed by atoms with Gasteiger partial charge in [0.25, 0.3) is 0 Å². The molecule has 0 unspecified atom stereocenters. The molecule has 1 fully saturated rings. The quantitative estimate of drug-likeness (QED) is 0.710. The lowest BCUT2D eigenvalue weighted by Gasteiger charge is -2.29. The summed E-state index contributed by atoms with van der Waals surface area (Å²) in [5, 5.41) is 6.12. The molecule has 0 aliphatic carbocycles. The molecular formula is C23H30N6O3. The molecule has 0 saturated carbocycles. The molecule has 2 N–H and O–H groups in total. The third kappa shape index (κ3) is 4.83. The Hall–Kier alpha value is -3.20. The largest absolute Gasteiger partial charge is 0.497 e. The molecule has 2 aromatic rings. The number of benzene rings is 1. The number of ether oxygens (including phenoxy) is 1. The normalized spacial score (nSPS) is 18.2. The van der Waals surface area contributed by atoms with Crippen molar-refractivity contribution in [3.63, 3.8) is 0 Å². The number of nitrogens with one attached hydrogen (secondary N) is 2. The van der Waals surface area contributed by atoms with E-state index in [-0.39, 0.29) is 17.7 Å². The standard InChI is InChI=1S/C23H30N6O3/c1-15(30)29-11-9-20-19(13-29)23(24-2)27-22(26-20)16-8-10-28(12-16)14-21(31)25-17-4-6-18(32-3)7-5-17/h4-7,16H,8-14H2,1-3H3,(H,25,31)(H,24,26,27)/t16-/m0/s1. The van der Waals surface area contributed by atoms with Crippen molar-refractivity contribution in [2.75, 3.05) is 51.0 Å². The van der Waals surface area contributed by atoms with E-state index in [9.17, 15) is 9.59 Å². The van der Waals surface area contributed by atoms with Crippen LogP contribution in [0.4, 0.5) is 11.5 Å². The van der Waals surface area contributed by atoms with Crippen LogP contribution >= 0.6 is 0 Å². The zero-order valence-electron chi connectivity index (χ0n) is 18.9. The number of carbonyl (C=O) groups is 2. The van der Waals surface area contributed by atoms with Gasteiger partial charge in [-0.1, -0.05) is 0 Å². The predicted molar refractivity (Wildman–Crippen MR) is 122 cm³/mol. The van der Waals surface area contributed by atoms with Gasteiger partial charge in [0.1, 0.15) is 17.4 Å². The number of amides is 2. The maximum atomic E-state index is 12.5. The van der Waals surface area contributed by atoms with Crippen molar-refractivity contribution in [1.29, 1.82) is 0 Å². The van der Waals surface area contributed by atoms with Crippen LogP contribution in [0.15, 0.2) is 24.3 Å². The monoisotopic (exact) mass is 438 g/mol. The van der Waals surface area contributed by atoms with Gasteiger partial charge in [-0.25, -0.2) is 9.97 Å². The molecule has 2 amide bonds. The molecule has 1 aromatic carbocycles. The third-order valence-corrected chi connectivity index (χ3v) is 6.14. The zero-order chi connectivity index (χ0) is 22.7. The summed E-state index contributed by atoms with van der Waals surface area (Å²) in [6.07, 6.45) is 1.65. The molecule has 0 spiro atoms. The number of likely N-dealkylation sites (tertiary alicyclic amines) is 1. The highest BCUT2D eigenvalue weighted by molar-refractivity contribution is 5.92. The third-order valence-electron chi connectivity index (χ3n) is 6.14. The Bertz CT molecular complexity index is 977. The van der Waals surface area contributed by atoms with E-state index in [4.69, 9.17) is 14.7 Å². The van der Waals surface area contributed by atoms with Crippen LogP contribution in [0.3, 0.4) is 0 Å². The summed E-state index contributed by atoms with van der Waals surface area (Å²) in [6, 6.07) is 7.31. The molecule has 9 heteroatoms. The fourth-order valence-corrected chi connectivity index (χ4v) is 4.36. The number of rotatable bonds is 6. The van der Waals surface area contributed by atoms with Crippen LogP contribution in [0.25, 0.3) is 0 Å². The molecule has 32 heavy (non-hydrogen) atoms. The number of carbonyl (C=O) groups excluding carboxylic acids is 2. The molecular weight excluding hydrogens is 408 g/mol. The highest BCUT2D eigenvalue weighted by atomic mass is 16.5. The van der Waals surface area contributed by atoms with Crippen molar-refractivity contribution in [3.05, 3.63) is 41.3 Å². The first-order chi connectivity index (χ1) is 15.5. The van der Waals surface area contributed by atoms with Crippen LogP contribution in [0.5, 0.6) is 5.75 Å². The van der Waals surface area contributed by atoms with E-state index in [0.717, 1.165) is 60.3 Å². The number of methoxy groups -OCH3 is 1. The van der Waals surface area contributed by atoms with Gasteiger partial charge < -0.3 is 20.3 Å². The Balaban J connectivity index is 1.38. The topological polar surface area (TPSA) is 99.7 Å². The number of hydrogen-bond acceptors (Lipinski definition) is 7. The van der Waals surface area contributed by atoms with Gasteiger partial charge in [0, 0.05) is 50.7 Å². The number of anilines is 2. The van der Waals surface area contributed by atoms with Crippen molar-refractivity contribution in [2.45, 2.75) is 32.2 Å². The van der Waals surface area contributed by atoms with Crippen molar-refractivity contribution in [2.24, 2.45) is 0 Å². The SMILES string of the molecule is CNc1nc([C@H]2CCN(CC(=O)Nc3ccc(OC)cc3)C2)nc2c1CN(C(C)=O)CC2. The average molecular weight is 439 g/mol. The van der Waals surface area contributed by atoms with Gasteiger partial charge in [-0.3, -0.25) is 14.5 Å².